The van der Waals surface area contributed by atoms with Crippen LogP contribution in [-0.4, -0.2) is 14.9 Å². The molecule has 3 nitrogen and oxygen atoms in total. The highest BCUT2D eigenvalue weighted by atomic mass is 127. The minimum Gasteiger partial charge on any atom is -0.385 e. The highest BCUT2D eigenvalue weighted by molar-refractivity contribution is 14.1. The van der Waals surface area contributed by atoms with Crippen molar-refractivity contribution in [2.24, 2.45) is 7.05 Å². The highest BCUT2D eigenvalue weighted by Gasteiger charge is 2.27. The summed E-state index contributed by atoms with van der Waals surface area (Å²) < 4.78 is 2.88. The van der Waals surface area contributed by atoms with Gasteiger partial charge in [0.1, 0.15) is 0 Å². The normalized spacial score (nSPS) is 14.4. The summed E-state index contributed by atoms with van der Waals surface area (Å²) in [6.45, 7) is 3.67. The van der Waals surface area contributed by atoms with Gasteiger partial charge in [0.2, 0.25) is 0 Å². The van der Waals surface area contributed by atoms with Crippen molar-refractivity contribution < 1.29 is 5.11 Å². The number of halogens is 2. The van der Waals surface area contributed by atoms with Gasteiger partial charge in [0.25, 0.3) is 0 Å². The lowest BCUT2D eigenvalue weighted by atomic mass is 9.91. The van der Waals surface area contributed by atoms with Crippen molar-refractivity contribution in [3.05, 3.63) is 49.8 Å². The van der Waals surface area contributed by atoms with Crippen molar-refractivity contribution in [2.45, 2.75) is 25.9 Å². The van der Waals surface area contributed by atoms with Gasteiger partial charge in [0, 0.05) is 17.0 Å². The van der Waals surface area contributed by atoms with Crippen LogP contribution in [0.15, 0.2) is 24.3 Å². The van der Waals surface area contributed by atoms with E-state index < -0.39 is 5.60 Å². The maximum absolute atomic E-state index is 10.7. The number of hydrogen-bond donors (Lipinski definition) is 1. The Hall–Kier alpha value is -0.590. The Labute approximate surface area is 131 Å². The van der Waals surface area contributed by atoms with Crippen LogP contribution in [0.4, 0.5) is 0 Å². The quantitative estimate of drug-likeness (QED) is 0.815. The van der Waals surface area contributed by atoms with E-state index in [0.29, 0.717) is 11.4 Å². The topological polar surface area (TPSA) is 38.0 Å². The molecule has 1 unspecified atom stereocenters. The number of aliphatic hydroxyl groups is 1. The average Bonchev–Trinajstić information content (AvgIpc) is 2.56. The summed E-state index contributed by atoms with van der Waals surface area (Å²) in [6, 6.07) is 7.86. The molecule has 0 spiro atoms. The molecule has 0 bridgehead atoms. The van der Waals surface area contributed by atoms with Crippen molar-refractivity contribution in [3.63, 3.8) is 0 Å². The van der Waals surface area contributed by atoms with E-state index in [0.717, 1.165) is 20.5 Å². The Morgan fingerprint density at radius 3 is 2.42 bits per heavy atom. The van der Waals surface area contributed by atoms with E-state index in [9.17, 15) is 5.11 Å². The molecule has 102 valence electrons. The Morgan fingerprint density at radius 1 is 1.37 bits per heavy atom. The molecule has 1 aromatic carbocycles. The highest BCUT2D eigenvalue weighted by Crippen LogP contribution is 2.30. The van der Waals surface area contributed by atoms with Crippen molar-refractivity contribution in [3.8, 4) is 0 Å². The number of hydrogen-bond acceptors (Lipinski definition) is 2. The molecule has 5 heteroatoms. The predicted molar refractivity (Wildman–Crippen MR) is 85.4 cm³/mol. The number of aryl methyl sites for hydroxylation is 2. The van der Waals surface area contributed by atoms with Crippen LogP contribution < -0.4 is 0 Å². The van der Waals surface area contributed by atoms with Crippen LogP contribution in [0.1, 0.15) is 23.9 Å². The van der Waals surface area contributed by atoms with Gasteiger partial charge in [0.15, 0.2) is 0 Å². The molecule has 0 saturated heterocycles. The summed E-state index contributed by atoms with van der Waals surface area (Å²) >= 11 is 8.48. The van der Waals surface area contributed by atoms with Crippen LogP contribution in [-0.2, 0) is 19.1 Å². The van der Waals surface area contributed by atoms with Crippen LogP contribution >= 0.6 is 34.2 Å². The first kappa shape index (κ1) is 14.8. The van der Waals surface area contributed by atoms with Gasteiger partial charge in [-0.3, -0.25) is 4.68 Å². The van der Waals surface area contributed by atoms with Gasteiger partial charge in [-0.1, -0.05) is 23.7 Å². The van der Waals surface area contributed by atoms with Gasteiger partial charge in [0.05, 0.1) is 22.0 Å². The van der Waals surface area contributed by atoms with E-state index in [2.05, 4.69) is 27.7 Å². The van der Waals surface area contributed by atoms with Crippen molar-refractivity contribution in [1.29, 1.82) is 0 Å². The third kappa shape index (κ3) is 3.12. The van der Waals surface area contributed by atoms with Crippen molar-refractivity contribution in [2.75, 3.05) is 0 Å². The molecule has 1 heterocycles. The SMILES string of the molecule is Cc1nn(C)c(CC(C)(O)c2ccc(I)cc2)c1Cl. The smallest absolute Gasteiger partial charge is 0.0924 e. The van der Waals surface area contributed by atoms with Crippen LogP contribution in [0.2, 0.25) is 5.02 Å². The Kier molecular flexibility index (Phi) is 4.23. The third-order valence-electron chi connectivity index (χ3n) is 3.24. The largest absolute Gasteiger partial charge is 0.385 e. The molecular weight excluding hydrogens is 375 g/mol. The summed E-state index contributed by atoms with van der Waals surface area (Å²) in [6.07, 6.45) is 0.434. The van der Waals surface area contributed by atoms with Gasteiger partial charge in [-0.2, -0.15) is 5.10 Å². The Morgan fingerprint density at radius 2 is 1.95 bits per heavy atom. The summed E-state index contributed by atoms with van der Waals surface area (Å²) in [5.41, 5.74) is 1.55. The fourth-order valence-electron chi connectivity index (χ4n) is 2.11. The van der Waals surface area contributed by atoms with E-state index in [4.69, 9.17) is 11.6 Å². The summed E-state index contributed by atoms with van der Waals surface area (Å²) in [4.78, 5) is 0. The maximum Gasteiger partial charge on any atom is 0.0924 e. The van der Waals surface area contributed by atoms with Gasteiger partial charge in [-0.05, 0) is 54.1 Å². The molecule has 0 aliphatic carbocycles. The molecule has 0 radical (unpaired) electrons. The Bertz CT molecular complexity index is 590. The van der Waals surface area contributed by atoms with Crippen LogP contribution in [0, 0.1) is 10.5 Å². The van der Waals surface area contributed by atoms with Gasteiger partial charge < -0.3 is 5.11 Å². The molecular formula is C14H16ClIN2O. The number of rotatable bonds is 3. The second kappa shape index (κ2) is 5.42. The zero-order valence-electron chi connectivity index (χ0n) is 11.1. The zero-order valence-corrected chi connectivity index (χ0v) is 14.0. The van der Waals surface area contributed by atoms with Crippen LogP contribution in [0.3, 0.4) is 0 Å². The Balaban J connectivity index is 2.33. The zero-order chi connectivity index (χ0) is 14.2. The summed E-state index contributed by atoms with van der Waals surface area (Å²) in [5, 5.41) is 15.6. The van der Waals surface area contributed by atoms with Crippen molar-refractivity contribution in [1.82, 2.24) is 9.78 Å². The molecule has 0 aliphatic heterocycles. The standard InChI is InChI=1S/C14H16ClIN2O/c1-9-13(15)12(18(3)17-9)8-14(2,19)10-4-6-11(16)7-5-10/h4-7,19H,8H2,1-3H3. The lowest BCUT2D eigenvalue weighted by molar-refractivity contribution is 0.0556. The molecule has 2 aromatic rings. The predicted octanol–water partition coefficient (Wildman–Crippen LogP) is 3.44. The monoisotopic (exact) mass is 390 g/mol. The molecule has 1 atom stereocenters. The van der Waals surface area contributed by atoms with Gasteiger partial charge >= 0.3 is 0 Å². The molecule has 2 rings (SSSR count). The van der Waals surface area contributed by atoms with E-state index >= 15 is 0 Å². The number of nitrogens with zero attached hydrogens (tertiary/aromatic N) is 2. The van der Waals surface area contributed by atoms with E-state index in [1.54, 1.807) is 11.6 Å². The van der Waals surface area contributed by atoms with Crippen LogP contribution in [0.5, 0.6) is 0 Å². The van der Waals surface area contributed by atoms with Gasteiger partial charge in [-0.15, -0.1) is 0 Å². The fourth-order valence-corrected chi connectivity index (χ4v) is 2.70. The third-order valence-corrected chi connectivity index (χ3v) is 4.45. The molecule has 0 aliphatic rings. The molecule has 1 aromatic heterocycles. The minimum atomic E-state index is -0.964. The van der Waals surface area contributed by atoms with Gasteiger partial charge in [-0.25, -0.2) is 0 Å². The lowest BCUT2D eigenvalue weighted by Crippen LogP contribution is -2.25. The maximum atomic E-state index is 10.7. The lowest BCUT2D eigenvalue weighted by Gasteiger charge is -2.24. The average molecular weight is 391 g/mol. The summed E-state index contributed by atoms with van der Waals surface area (Å²) in [5.74, 6) is 0. The molecule has 0 fully saturated rings. The molecule has 1 N–H and O–H groups in total. The first-order valence-corrected chi connectivity index (χ1v) is 7.43. The van der Waals surface area contributed by atoms with Crippen LogP contribution in [0.25, 0.3) is 0 Å². The second-order valence-electron chi connectivity index (χ2n) is 4.93. The van der Waals surface area contributed by atoms with E-state index in [1.807, 2.05) is 38.2 Å². The molecule has 0 amide bonds. The van der Waals surface area contributed by atoms with E-state index in [1.165, 1.54) is 0 Å². The van der Waals surface area contributed by atoms with E-state index in [-0.39, 0.29) is 0 Å². The fraction of sp³-hybridized carbons (Fsp3) is 0.357. The molecule has 0 saturated carbocycles. The van der Waals surface area contributed by atoms with Crippen molar-refractivity contribution >= 4 is 34.2 Å². The first-order chi connectivity index (χ1) is 8.81. The summed E-state index contributed by atoms with van der Waals surface area (Å²) in [7, 11) is 1.85. The number of benzene rings is 1. The first-order valence-electron chi connectivity index (χ1n) is 5.97. The number of aromatic nitrogens is 2. The second-order valence-corrected chi connectivity index (χ2v) is 6.55. The minimum absolute atomic E-state index is 0.434. The molecule has 19 heavy (non-hydrogen) atoms.